The van der Waals surface area contributed by atoms with E-state index in [0.717, 1.165) is 42.5 Å². The van der Waals surface area contributed by atoms with E-state index in [1.165, 1.54) is 0 Å². The average molecular weight is 455 g/mol. The SMILES string of the molecule is CC(=O)N1CCC(c2cccnc2Oc2ccc(C(=O)c3nc4ccccc4n3C)cc2)CC1. The van der Waals surface area contributed by atoms with Gasteiger partial charge in [0.1, 0.15) is 5.75 Å². The molecule has 1 amide bonds. The van der Waals surface area contributed by atoms with Gasteiger partial charge in [0.05, 0.1) is 11.0 Å². The maximum atomic E-state index is 13.1. The van der Waals surface area contributed by atoms with Gasteiger partial charge in [-0.3, -0.25) is 9.59 Å². The Morgan fingerprint density at radius 2 is 1.71 bits per heavy atom. The molecule has 1 aliphatic rings. The molecule has 4 aromatic rings. The Bertz CT molecular complexity index is 1350. The zero-order valence-electron chi connectivity index (χ0n) is 19.3. The van der Waals surface area contributed by atoms with Crippen molar-refractivity contribution in [2.24, 2.45) is 7.05 Å². The highest BCUT2D eigenvalue weighted by atomic mass is 16.5. The Labute approximate surface area is 198 Å². The molecule has 5 rings (SSSR count). The minimum Gasteiger partial charge on any atom is -0.439 e. The van der Waals surface area contributed by atoms with Gasteiger partial charge >= 0.3 is 0 Å². The fourth-order valence-corrected chi connectivity index (χ4v) is 4.57. The number of carbonyl (C=O) groups is 2. The summed E-state index contributed by atoms with van der Waals surface area (Å²) in [6.07, 6.45) is 3.48. The van der Waals surface area contributed by atoms with E-state index >= 15 is 0 Å². The van der Waals surface area contributed by atoms with Crippen molar-refractivity contribution < 1.29 is 14.3 Å². The predicted molar refractivity (Wildman–Crippen MR) is 129 cm³/mol. The number of hydrogen-bond acceptors (Lipinski definition) is 5. The average Bonchev–Trinajstić information content (AvgIpc) is 3.21. The number of piperidine rings is 1. The lowest BCUT2D eigenvalue weighted by Crippen LogP contribution is -2.36. The number of ether oxygens (including phenoxy) is 1. The van der Waals surface area contributed by atoms with Crippen molar-refractivity contribution in [1.82, 2.24) is 19.4 Å². The van der Waals surface area contributed by atoms with Crippen molar-refractivity contribution in [2.75, 3.05) is 13.1 Å². The fraction of sp³-hybridized carbons (Fsp3) is 0.259. The van der Waals surface area contributed by atoms with Gasteiger partial charge in [-0.2, -0.15) is 0 Å². The van der Waals surface area contributed by atoms with Crippen LogP contribution in [0, 0.1) is 0 Å². The van der Waals surface area contributed by atoms with Crippen LogP contribution >= 0.6 is 0 Å². The Kier molecular flexibility index (Phi) is 5.84. The molecule has 7 heteroatoms. The van der Waals surface area contributed by atoms with E-state index < -0.39 is 0 Å². The van der Waals surface area contributed by atoms with Crippen LogP contribution in [-0.2, 0) is 11.8 Å². The normalized spacial score (nSPS) is 14.4. The molecule has 0 atom stereocenters. The highest BCUT2D eigenvalue weighted by Crippen LogP contribution is 2.35. The molecule has 1 aliphatic heterocycles. The smallest absolute Gasteiger partial charge is 0.228 e. The molecule has 0 N–H and O–H groups in total. The van der Waals surface area contributed by atoms with Gasteiger partial charge in [-0.1, -0.05) is 18.2 Å². The number of rotatable bonds is 5. The van der Waals surface area contributed by atoms with E-state index in [2.05, 4.69) is 9.97 Å². The molecule has 7 nitrogen and oxygen atoms in total. The van der Waals surface area contributed by atoms with E-state index in [-0.39, 0.29) is 17.6 Å². The Hall–Kier alpha value is -4.00. The van der Waals surface area contributed by atoms with Gasteiger partial charge in [-0.05, 0) is 61.2 Å². The van der Waals surface area contributed by atoms with Crippen molar-refractivity contribution in [3.8, 4) is 11.6 Å². The van der Waals surface area contributed by atoms with E-state index in [4.69, 9.17) is 4.74 Å². The molecular formula is C27H26N4O3. The van der Waals surface area contributed by atoms with Crippen LogP contribution in [0.15, 0.2) is 66.9 Å². The van der Waals surface area contributed by atoms with Crippen LogP contribution < -0.4 is 4.74 Å². The number of imidazole rings is 1. The number of nitrogens with zero attached hydrogens (tertiary/aromatic N) is 4. The van der Waals surface area contributed by atoms with Crippen LogP contribution in [0.3, 0.4) is 0 Å². The lowest BCUT2D eigenvalue weighted by Gasteiger charge is -2.31. The second-order valence-corrected chi connectivity index (χ2v) is 8.62. The number of fused-ring (bicyclic) bond motifs is 1. The van der Waals surface area contributed by atoms with Crippen LogP contribution in [0.5, 0.6) is 11.6 Å². The summed E-state index contributed by atoms with van der Waals surface area (Å²) in [6.45, 7) is 3.10. The van der Waals surface area contributed by atoms with Crippen LogP contribution in [0.2, 0.25) is 0 Å². The third-order valence-corrected chi connectivity index (χ3v) is 6.50. The first-order valence-electron chi connectivity index (χ1n) is 11.5. The molecular weight excluding hydrogens is 428 g/mol. The van der Waals surface area contributed by atoms with Gasteiger partial charge < -0.3 is 14.2 Å². The summed E-state index contributed by atoms with van der Waals surface area (Å²) in [5.41, 5.74) is 3.31. The van der Waals surface area contributed by atoms with Crippen LogP contribution in [0.4, 0.5) is 0 Å². The van der Waals surface area contributed by atoms with E-state index in [0.29, 0.717) is 23.0 Å². The Morgan fingerprint density at radius 3 is 2.41 bits per heavy atom. The van der Waals surface area contributed by atoms with Crippen molar-refractivity contribution in [2.45, 2.75) is 25.7 Å². The summed E-state index contributed by atoms with van der Waals surface area (Å²) >= 11 is 0. The number of benzene rings is 2. The van der Waals surface area contributed by atoms with E-state index in [1.807, 2.05) is 52.9 Å². The first kappa shape index (κ1) is 21.8. The Morgan fingerprint density at radius 1 is 0.971 bits per heavy atom. The monoisotopic (exact) mass is 454 g/mol. The van der Waals surface area contributed by atoms with Crippen molar-refractivity contribution >= 4 is 22.7 Å². The van der Waals surface area contributed by atoms with Crippen LogP contribution in [0.25, 0.3) is 11.0 Å². The van der Waals surface area contributed by atoms with Gasteiger partial charge in [0.15, 0.2) is 5.82 Å². The third-order valence-electron chi connectivity index (χ3n) is 6.50. The summed E-state index contributed by atoms with van der Waals surface area (Å²) in [5, 5.41) is 0. The number of para-hydroxylation sites is 2. The lowest BCUT2D eigenvalue weighted by atomic mass is 9.90. The number of likely N-dealkylation sites (tertiary alicyclic amines) is 1. The minimum atomic E-state index is -0.138. The lowest BCUT2D eigenvalue weighted by molar-refractivity contribution is -0.129. The second-order valence-electron chi connectivity index (χ2n) is 8.62. The van der Waals surface area contributed by atoms with Crippen LogP contribution in [0.1, 0.15) is 47.4 Å². The highest BCUT2D eigenvalue weighted by molar-refractivity contribution is 6.08. The highest BCUT2D eigenvalue weighted by Gasteiger charge is 2.25. The number of hydrogen-bond donors (Lipinski definition) is 0. The van der Waals surface area contributed by atoms with Gasteiger partial charge in [0, 0.05) is 44.4 Å². The third kappa shape index (κ3) is 4.17. The van der Waals surface area contributed by atoms with Gasteiger partial charge in [0.2, 0.25) is 17.6 Å². The maximum absolute atomic E-state index is 13.1. The molecule has 172 valence electrons. The molecule has 1 fully saturated rings. The van der Waals surface area contributed by atoms with Crippen LogP contribution in [-0.4, -0.2) is 44.2 Å². The van der Waals surface area contributed by atoms with E-state index in [1.54, 1.807) is 37.4 Å². The first-order chi connectivity index (χ1) is 16.5. The molecule has 1 saturated heterocycles. The topological polar surface area (TPSA) is 77.3 Å². The predicted octanol–water partition coefficient (Wildman–Crippen LogP) is 4.72. The summed E-state index contributed by atoms with van der Waals surface area (Å²) in [5.74, 6) is 1.85. The van der Waals surface area contributed by atoms with Crippen molar-refractivity contribution in [3.05, 3.63) is 83.8 Å². The maximum Gasteiger partial charge on any atom is 0.228 e. The largest absolute Gasteiger partial charge is 0.439 e. The molecule has 0 unspecified atom stereocenters. The fourth-order valence-electron chi connectivity index (χ4n) is 4.57. The van der Waals surface area contributed by atoms with Gasteiger partial charge in [-0.15, -0.1) is 0 Å². The molecule has 0 radical (unpaired) electrons. The van der Waals surface area contributed by atoms with Crippen molar-refractivity contribution in [1.29, 1.82) is 0 Å². The van der Waals surface area contributed by atoms with Gasteiger partial charge in [-0.25, -0.2) is 9.97 Å². The first-order valence-corrected chi connectivity index (χ1v) is 11.5. The summed E-state index contributed by atoms with van der Waals surface area (Å²) in [4.78, 5) is 35.6. The van der Waals surface area contributed by atoms with E-state index in [9.17, 15) is 9.59 Å². The molecule has 2 aromatic heterocycles. The zero-order valence-corrected chi connectivity index (χ0v) is 19.3. The van der Waals surface area contributed by atoms with Gasteiger partial charge in [0.25, 0.3) is 0 Å². The Balaban J connectivity index is 1.33. The minimum absolute atomic E-state index is 0.120. The molecule has 3 heterocycles. The summed E-state index contributed by atoms with van der Waals surface area (Å²) in [7, 11) is 1.85. The zero-order chi connectivity index (χ0) is 23.7. The number of aromatic nitrogens is 3. The second kappa shape index (κ2) is 9.09. The summed E-state index contributed by atoms with van der Waals surface area (Å²) in [6, 6.07) is 18.7. The quantitative estimate of drug-likeness (QED) is 0.408. The molecule has 0 spiro atoms. The van der Waals surface area contributed by atoms with Crippen molar-refractivity contribution in [3.63, 3.8) is 0 Å². The molecule has 34 heavy (non-hydrogen) atoms. The number of aryl methyl sites for hydroxylation is 1. The molecule has 0 aliphatic carbocycles. The number of carbonyl (C=O) groups excluding carboxylic acids is 2. The molecule has 0 saturated carbocycles. The number of pyridine rings is 1. The number of amides is 1. The molecule has 2 aromatic carbocycles. The molecule has 0 bridgehead atoms. The standard InChI is InChI=1S/C27H26N4O3/c1-18(32)31-16-13-19(14-17-31)22-6-5-15-28-27(22)34-21-11-9-20(10-12-21)25(33)26-29-23-7-3-4-8-24(23)30(26)2/h3-12,15,19H,13-14,16-17H2,1-2H3. The summed E-state index contributed by atoms with van der Waals surface area (Å²) < 4.78 is 7.94. The number of ketones is 1.